The molecule has 0 unspecified atom stereocenters. The van der Waals surface area contributed by atoms with Crippen LogP contribution in [0.15, 0.2) is 83.9 Å². The van der Waals surface area contributed by atoms with Gasteiger partial charge in [-0.05, 0) is 54.7 Å². The number of rotatable bonds is 8. The quantitative estimate of drug-likeness (QED) is 0.203. The van der Waals surface area contributed by atoms with Crippen LogP contribution >= 0.6 is 0 Å². The summed E-state index contributed by atoms with van der Waals surface area (Å²) in [5.74, 6) is 0.639. The van der Waals surface area contributed by atoms with Crippen LogP contribution in [0, 0.1) is 17.3 Å². The average molecular weight is 514 g/mol. The van der Waals surface area contributed by atoms with Crippen molar-refractivity contribution in [3.8, 4) is 11.9 Å². The molecule has 2 N–H and O–H groups in total. The van der Waals surface area contributed by atoms with Crippen molar-refractivity contribution in [2.24, 2.45) is 4.99 Å². The second-order valence-corrected chi connectivity index (χ2v) is 9.33. The average Bonchev–Trinajstić information content (AvgIpc) is 2.97. The molecule has 7 nitrogen and oxygen atoms in total. The van der Waals surface area contributed by atoms with Gasteiger partial charge < -0.3 is 15.0 Å². The van der Waals surface area contributed by atoms with Crippen molar-refractivity contribution >= 4 is 11.9 Å². The molecule has 1 amide bonds. The number of benzene rings is 3. The topological polar surface area (TPSA) is 89.8 Å². The molecular weight excluding hydrogens is 481 g/mol. The number of hydrogen-bond donors (Lipinski definition) is 2. The third-order valence-corrected chi connectivity index (χ3v) is 7.09. The number of carbonyl (C=O) groups excluding carboxylic acids is 1. The Kier molecular flexibility index (Phi) is 8.94. The second-order valence-electron chi connectivity index (χ2n) is 9.33. The lowest BCUT2D eigenvalue weighted by atomic mass is 9.72. The second kappa shape index (κ2) is 12.7. The van der Waals surface area contributed by atoms with E-state index in [9.17, 15) is 14.4 Å². The molecule has 1 fully saturated rings. The molecule has 0 aromatic heterocycles. The van der Waals surface area contributed by atoms with E-state index in [1.807, 2.05) is 36.5 Å². The van der Waals surface area contributed by atoms with Gasteiger partial charge in [-0.15, -0.1) is 0 Å². The summed E-state index contributed by atoms with van der Waals surface area (Å²) >= 11 is 0. The molecule has 0 radical (unpaired) electrons. The van der Waals surface area contributed by atoms with Crippen LogP contribution in [0.5, 0.6) is 5.75 Å². The van der Waals surface area contributed by atoms with E-state index in [-0.39, 0.29) is 17.1 Å². The van der Waals surface area contributed by atoms with Gasteiger partial charge in [0, 0.05) is 31.6 Å². The normalized spacial score (nSPS) is 14.9. The van der Waals surface area contributed by atoms with Crippen LogP contribution in [0.1, 0.15) is 34.3 Å². The number of carbonyl (C=O) groups is 1. The highest BCUT2D eigenvalue weighted by Gasteiger charge is 2.37. The molecule has 0 bridgehead atoms. The van der Waals surface area contributed by atoms with Gasteiger partial charge in [-0.2, -0.15) is 5.26 Å². The van der Waals surface area contributed by atoms with Crippen molar-refractivity contribution in [2.75, 3.05) is 33.3 Å². The predicted octanol–water partition coefficient (Wildman–Crippen LogP) is 4.27. The summed E-state index contributed by atoms with van der Waals surface area (Å²) in [5.41, 5.74) is 2.40. The summed E-state index contributed by atoms with van der Waals surface area (Å²) in [5, 5.41) is 15.2. The van der Waals surface area contributed by atoms with Gasteiger partial charge in [0.05, 0.1) is 12.7 Å². The Morgan fingerprint density at radius 3 is 2.42 bits per heavy atom. The number of nitrogens with one attached hydrogen (secondary N) is 2. The van der Waals surface area contributed by atoms with Crippen molar-refractivity contribution in [1.82, 2.24) is 15.5 Å². The third-order valence-electron chi connectivity index (χ3n) is 7.09. The number of amides is 1. The minimum Gasteiger partial charge on any atom is -0.496 e. The first kappa shape index (κ1) is 26.7. The Morgan fingerprint density at radius 1 is 1.05 bits per heavy atom. The van der Waals surface area contributed by atoms with E-state index >= 15 is 0 Å². The van der Waals surface area contributed by atoms with Crippen LogP contribution in [0.4, 0.5) is 4.39 Å². The molecule has 3 aromatic carbocycles. The summed E-state index contributed by atoms with van der Waals surface area (Å²) in [6.07, 6.45) is 4.19. The van der Waals surface area contributed by atoms with Crippen LogP contribution in [-0.4, -0.2) is 50.1 Å². The monoisotopic (exact) mass is 513 g/mol. The van der Waals surface area contributed by atoms with Gasteiger partial charge in [0.15, 0.2) is 6.19 Å². The molecule has 38 heavy (non-hydrogen) atoms. The van der Waals surface area contributed by atoms with Crippen molar-refractivity contribution in [2.45, 2.75) is 24.7 Å². The van der Waals surface area contributed by atoms with Gasteiger partial charge in [-0.3, -0.25) is 15.1 Å². The van der Waals surface area contributed by atoms with E-state index in [2.05, 4.69) is 32.7 Å². The van der Waals surface area contributed by atoms with Crippen molar-refractivity contribution in [1.29, 1.82) is 5.26 Å². The SMILES string of the molecule is COc1ccccc1C(=O)NCC1(c2ccccc2)CCN(C(=NCCc2ccc(F)cc2)NC#N)CC1. The largest absolute Gasteiger partial charge is 0.496 e. The molecule has 8 heteroatoms. The molecule has 0 atom stereocenters. The summed E-state index contributed by atoms with van der Waals surface area (Å²) in [7, 11) is 1.56. The number of hydrogen-bond acceptors (Lipinski definition) is 4. The van der Waals surface area contributed by atoms with E-state index in [1.165, 1.54) is 17.7 Å². The van der Waals surface area contributed by atoms with Crippen molar-refractivity contribution in [3.63, 3.8) is 0 Å². The smallest absolute Gasteiger partial charge is 0.255 e. The lowest BCUT2D eigenvalue weighted by Crippen LogP contribution is -2.52. The lowest BCUT2D eigenvalue weighted by molar-refractivity contribution is 0.0929. The van der Waals surface area contributed by atoms with Gasteiger partial charge in [0.25, 0.3) is 5.91 Å². The Hall–Kier alpha value is -4.38. The molecule has 0 aliphatic carbocycles. The number of guanidine groups is 1. The highest BCUT2D eigenvalue weighted by Crippen LogP contribution is 2.35. The fourth-order valence-corrected chi connectivity index (χ4v) is 4.89. The van der Waals surface area contributed by atoms with Crippen molar-refractivity contribution < 1.29 is 13.9 Å². The fourth-order valence-electron chi connectivity index (χ4n) is 4.89. The number of nitriles is 1. The van der Waals surface area contributed by atoms with Gasteiger partial charge >= 0.3 is 0 Å². The maximum atomic E-state index is 13.2. The molecule has 0 saturated carbocycles. The van der Waals surface area contributed by atoms with E-state index in [4.69, 9.17) is 4.74 Å². The van der Waals surface area contributed by atoms with Gasteiger partial charge in [0.1, 0.15) is 11.6 Å². The number of para-hydroxylation sites is 1. The maximum Gasteiger partial charge on any atom is 0.255 e. The fraction of sp³-hybridized carbons (Fsp3) is 0.300. The van der Waals surface area contributed by atoms with Gasteiger partial charge in [0.2, 0.25) is 5.96 Å². The number of nitrogens with zero attached hydrogens (tertiary/aromatic N) is 3. The first-order valence-electron chi connectivity index (χ1n) is 12.7. The van der Waals surface area contributed by atoms with E-state index < -0.39 is 0 Å². The van der Waals surface area contributed by atoms with Crippen LogP contribution in [0.3, 0.4) is 0 Å². The number of likely N-dealkylation sites (tertiary alicyclic amines) is 1. The zero-order chi connectivity index (χ0) is 26.8. The van der Waals surface area contributed by atoms with E-state index in [0.717, 1.165) is 18.4 Å². The van der Waals surface area contributed by atoms with Crippen LogP contribution in [0.2, 0.25) is 0 Å². The minimum atomic E-state index is -0.265. The van der Waals surface area contributed by atoms with Crippen LogP contribution in [0.25, 0.3) is 0 Å². The summed E-state index contributed by atoms with van der Waals surface area (Å²) < 4.78 is 18.5. The van der Waals surface area contributed by atoms with Crippen molar-refractivity contribution in [3.05, 3.63) is 101 Å². The first-order valence-corrected chi connectivity index (χ1v) is 12.7. The molecule has 1 saturated heterocycles. The molecule has 196 valence electrons. The summed E-state index contributed by atoms with van der Waals surface area (Å²) in [6, 6.07) is 23.8. The predicted molar refractivity (Wildman–Crippen MR) is 145 cm³/mol. The number of methoxy groups -OCH3 is 1. The Morgan fingerprint density at radius 2 is 1.74 bits per heavy atom. The number of piperidine rings is 1. The molecule has 4 rings (SSSR count). The molecule has 3 aromatic rings. The molecule has 0 spiro atoms. The Balaban J connectivity index is 1.45. The number of aliphatic imine (C=N–C) groups is 1. The van der Waals surface area contributed by atoms with Gasteiger partial charge in [-0.25, -0.2) is 4.39 Å². The number of ether oxygens (including phenoxy) is 1. The Labute approximate surface area is 223 Å². The van der Waals surface area contributed by atoms with E-state index in [0.29, 0.717) is 49.9 Å². The van der Waals surface area contributed by atoms with Crippen LogP contribution < -0.4 is 15.4 Å². The van der Waals surface area contributed by atoms with Crippen LogP contribution in [-0.2, 0) is 11.8 Å². The molecule has 1 aliphatic rings. The summed E-state index contributed by atoms with van der Waals surface area (Å²) in [6.45, 7) is 2.29. The maximum absolute atomic E-state index is 13.2. The highest BCUT2D eigenvalue weighted by molar-refractivity contribution is 5.97. The third kappa shape index (κ3) is 6.48. The first-order chi connectivity index (χ1) is 18.5. The lowest BCUT2D eigenvalue weighted by Gasteiger charge is -2.43. The molecular formula is C30H32FN5O2. The van der Waals surface area contributed by atoms with E-state index in [1.54, 1.807) is 31.4 Å². The van der Waals surface area contributed by atoms with Gasteiger partial charge in [-0.1, -0.05) is 54.6 Å². The molecule has 1 aliphatic heterocycles. The molecule has 1 heterocycles. The Bertz CT molecular complexity index is 1280. The minimum absolute atomic E-state index is 0.172. The zero-order valence-corrected chi connectivity index (χ0v) is 21.5. The standard InChI is InChI=1S/C30H32FN5O2/c1-38-27-10-6-5-9-26(27)28(37)34-21-30(24-7-3-2-4-8-24)16-19-36(20-17-30)29(35-22-32)33-18-15-23-11-13-25(31)14-12-23/h2-14H,15-21H2,1H3,(H,33,35)(H,34,37). The number of halogens is 1. The highest BCUT2D eigenvalue weighted by atomic mass is 19.1. The summed E-state index contributed by atoms with van der Waals surface area (Å²) in [4.78, 5) is 19.8. The zero-order valence-electron chi connectivity index (χ0n) is 21.5.